The van der Waals surface area contributed by atoms with Crippen LogP contribution in [0.1, 0.15) is 6.42 Å². The Hall–Kier alpha value is -1.75. The Morgan fingerprint density at radius 1 is 1.48 bits per heavy atom. The van der Waals surface area contributed by atoms with Gasteiger partial charge in [0.2, 0.25) is 10.0 Å². The molecule has 1 unspecified atom stereocenters. The molecule has 2 rings (SSSR count). The third-order valence-corrected chi connectivity index (χ3v) is 4.91. The molecule has 116 valence electrons. The van der Waals surface area contributed by atoms with E-state index in [1.807, 2.05) is 11.9 Å². The molecule has 10 heteroatoms. The number of likely N-dealkylation sites (tertiary alicyclic amines) is 1. The molecule has 4 N–H and O–H groups in total. The Morgan fingerprint density at radius 3 is 2.71 bits per heavy atom. The molecule has 21 heavy (non-hydrogen) atoms. The van der Waals surface area contributed by atoms with Crippen molar-refractivity contribution in [1.29, 1.82) is 0 Å². The zero-order valence-electron chi connectivity index (χ0n) is 11.4. The van der Waals surface area contributed by atoms with Crippen LogP contribution in [-0.4, -0.2) is 44.4 Å². The first-order valence-corrected chi connectivity index (χ1v) is 7.78. The fourth-order valence-electron chi connectivity index (χ4n) is 2.29. The molecule has 1 fully saturated rings. The topological polar surface area (TPSA) is 131 Å². The second kappa shape index (κ2) is 5.93. The number of rotatable bonds is 5. The maximum Gasteiger partial charge on any atom is 0.271 e. The van der Waals surface area contributed by atoms with Gasteiger partial charge in [-0.1, -0.05) is 0 Å². The number of nitro groups is 1. The van der Waals surface area contributed by atoms with E-state index in [9.17, 15) is 18.5 Å². The second-order valence-corrected chi connectivity index (χ2v) is 6.63. The Bertz CT molecular complexity index is 648. The first-order valence-electron chi connectivity index (χ1n) is 6.29. The van der Waals surface area contributed by atoms with E-state index in [4.69, 9.17) is 5.84 Å². The number of nitrogen functional groups attached to an aromatic ring is 1. The number of non-ortho nitro benzene ring substituents is 1. The largest absolute Gasteiger partial charge is 0.323 e. The third kappa shape index (κ3) is 3.47. The van der Waals surface area contributed by atoms with Crippen LogP contribution < -0.4 is 16.0 Å². The number of nitrogens with one attached hydrogen (secondary N) is 2. The van der Waals surface area contributed by atoms with Crippen molar-refractivity contribution < 1.29 is 13.3 Å². The Kier molecular flexibility index (Phi) is 4.42. The highest BCUT2D eigenvalue weighted by molar-refractivity contribution is 7.89. The van der Waals surface area contributed by atoms with Crippen molar-refractivity contribution in [2.45, 2.75) is 17.4 Å². The van der Waals surface area contributed by atoms with Gasteiger partial charge < -0.3 is 10.3 Å². The van der Waals surface area contributed by atoms with Gasteiger partial charge in [0, 0.05) is 24.7 Å². The molecule has 0 amide bonds. The van der Waals surface area contributed by atoms with E-state index in [0.29, 0.717) is 13.0 Å². The summed E-state index contributed by atoms with van der Waals surface area (Å²) in [6.07, 6.45) is 0.716. The molecule has 1 heterocycles. The molecule has 1 aromatic rings. The van der Waals surface area contributed by atoms with Crippen LogP contribution in [0.25, 0.3) is 0 Å². The monoisotopic (exact) mass is 315 g/mol. The molecule has 1 aliphatic rings. The predicted octanol–water partition coefficient (Wildman–Crippen LogP) is -0.137. The first kappa shape index (κ1) is 15.6. The van der Waals surface area contributed by atoms with Crippen molar-refractivity contribution in [2.24, 2.45) is 5.84 Å². The number of nitro benzene ring substituents is 1. The van der Waals surface area contributed by atoms with Crippen LogP contribution in [0.2, 0.25) is 0 Å². The molecule has 0 saturated carbocycles. The molecule has 1 saturated heterocycles. The van der Waals surface area contributed by atoms with Crippen molar-refractivity contribution in [2.75, 3.05) is 25.6 Å². The lowest BCUT2D eigenvalue weighted by Gasteiger charge is -2.15. The molecule has 1 aliphatic heterocycles. The Morgan fingerprint density at radius 2 is 2.19 bits per heavy atom. The van der Waals surface area contributed by atoms with Crippen molar-refractivity contribution >= 4 is 21.4 Å². The minimum atomic E-state index is -3.79. The lowest BCUT2D eigenvalue weighted by atomic mass is 10.3. The summed E-state index contributed by atoms with van der Waals surface area (Å²) in [5, 5.41) is 10.7. The van der Waals surface area contributed by atoms with Crippen LogP contribution in [0.5, 0.6) is 0 Å². The number of likely N-dealkylation sites (N-methyl/N-ethyl adjacent to an activating group) is 1. The molecule has 1 atom stereocenters. The highest BCUT2D eigenvalue weighted by Crippen LogP contribution is 2.26. The summed E-state index contributed by atoms with van der Waals surface area (Å²) in [6, 6.07) is 3.22. The second-order valence-electron chi connectivity index (χ2n) is 4.95. The van der Waals surface area contributed by atoms with Crippen LogP contribution in [0.4, 0.5) is 11.4 Å². The standard InChI is InChI=1S/C11H17N5O4S/c1-15-5-4-8(7-15)14-21(19,20)11-3-2-9(16(17)18)6-10(11)13-12/h2-3,6,8,13-14H,4-5,7,12H2,1H3. The van der Waals surface area contributed by atoms with Crippen LogP contribution in [0.15, 0.2) is 23.1 Å². The van der Waals surface area contributed by atoms with E-state index >= 15 is 0 Å². The van der Waals surface area contributed by atoms with Gasteiger partial charge >= 0.3 is 0 Å². The molecule has 0 radical (unpaired) electrons. The van der Waals surface area contributed by atoms with Crippen molar-refractivity contribution in [1.82, 2.24) is 9.62 Å². The van der Waals surface area contributed by atoms with Gasteiger partial charge in [-0.05, 0) is 26.1 Å². The van der Waals surface area contributed by atoms with E-state index < -0.39 is 14.9 Å². The summed E-state index contributed by atoms with van der Waals surface area (Å²) in [4.78, 5) is 12.0. The van der Waals surface area contributed by atoms with E-state index in [-0.39, 0.29) is 22.3 Å². The van der Waals surface area contributed by atoms with E-state index in [2.05, 4.69) is 10.1 Å². The molecule has 9 nitrogen and oxygen atoms in total. The summed E-state index contributed by atoms with van der Waals surface area (Å²) in [5.74, 6) is 5.27. The molecule has 0 aromatic heterocycles. The van der Waals surface area contributed by atoms with Gasteiger partial charge in [-0.3, -0.25) is 16.0 Å². The Labute approximate surface area is 122 Å². The summed E-state index contributed by atoms with van der Waals surface area (Å²) < 4.78 is 27.3. The van der Waals surface area contributed by atoms with Gasteiger partial charge in [-0.2, -0.15) is 0 Å². The summed E-state index contributed by atoms with van der Waals surface area (Å²) in [5.41, 5.74) is 1.95. The molecular weight excluding hydrogens is 298 g/mol. The van der Waals surface area contributed by atoms with Crippen LogP contribution in [-0.2, 0) is 10.0 Å². The molecular formula is C11H17N5O4S. The summed E-state index contributed by atoms with van der Waals surface area (Å²) in [6.45, 7) is 1.44. The smallest absolute Gasteiger partial charge is 0.271 e. The normalized spacial score (nSPS) is 19.6. The van der Waals surface area contributed by atoms with Gasteiger partial charge in [-0.15, -0.1) is 0 Å². The summed E-state index contributed by atoms with van der Waals surface area (Å²) >= 11 is 0. The highest BCUT2D eigenvalue weighted by Gasteiger charge is 2.27. The number of hydrazine groups is 1. The average molecular weight is 315 g/mol. The van der Waals surface area contributed by atoms with E-state index in [1.54, 1.807) is 0 Å². The maximum absolute atomic E-state index is 12.4. The minimum Gasteiger partial charge on any atom is -0.323 e. The number of nitrogens with zero attached hydrogens (tertiary/aromatic N) is 2. The van der Waals surface area contributed by atoms with Gasteiger partial charge in [0.1, 0.15) is 4.90 Å². The lowest BCUT2D eigenvalue weighted by Crippen LogP contribution is -2.36. The maximum atomic E-state index is 12.4. The fourth-order valence-corrected chi connectivity index (χ4v) is 3.71. The first-order chi connectivity index (χ1) is 9.83. The van der Waals surface area contributed by atoms with Gasteiger partial charge in [-0.25, -0.2) is 13.1 Å². The van der Waals surface area contributed by atoms with Crippen LogP contribution in [0.3, 0.4) is 0 Å². The zero-order chi connectivity index (χ0) is 15.6. The third-order valence-electron chi connectivity index (χ3n) is 3.33. The molecule has 1 aromatic carbocycles. The zero-order valence-corrected chi connectivity index (χ0v) is 12.3. The Balaban J connectivity index is 2.29. The van der Waals surface area contributed by atoms with Crippen LogP contribution >= 0.6 is 0 Å². The van der Waals surface area contributed by atoms with E-state index in [0.717, 1.165) is 18.7 Å². The van der Waals surface area contributed by atoms with Gasteiger partial charge in [0.05, 0.1) is 10.6 Å². The fraction of sp³-hybridized carbons (Fsp3) is 0.455. The van der Waals surface area contributed by atoms with Gasteiger partial charge in [0.15, 0.2) is 0 Å². The van der Waals surface area contributed by atoms with Crippen LogP contribution in [0, 0.1) is 10.1 Å². The molecule has 0 bridgehead atoms. The highest BCUT2D eigenvalue weighted by atomic mass is 32.2. The van der Waals surface area contributed by atoms with Crippen molar-refractivity contribution in [3.05, 3.63) is 28.3 Å². The number of hydrogen-bond acceptors (Lipinski definition) is 7. The number of sulfonamides is 1. The average Bonchev–Trinajstić information content (AvgIpc) is 2.82. The minimum absolute atomic E-state index is 0.0111. The SMILES string of the molecule is CN1CCC(NS(=O)(=O)c2ccc([N+](=O)[O-])cc2NN)C1. The van der Waals surface area contributed by atoms with Gasteiger partial charge in [0.25, 0.3) is 5.69 Å². The van der Waals surface area contributed by atoms with Crippen molar-refractivity contribution in [3.63, 3.8) is 0 Å². The number of hydrogen-bond donors (Lipinski definition) is 3. The molecule has 0 aliphatic carbocycles. The lowest BCUT2D eigenvalue weighted by molar-refractivity contribution is -0.384. The molecule has 0 spiro atoms. The van der Waals surface area contributed by atoms with E-state index in [1.165, 1.54) is 6.07 Å². The van der Waals surface area contributed by atoms with Crippen molar-refractivity contribution in [3.8, 4) is 0 Å². The quantitative estimate of drug-likeness (QED) is 0.391. The number of benzene rings is 1. The summed E-state index contributed by atoms with van der Waals surface area (Å²) in [7, 11) is -1.88. The number of anilines is 1. The number of nitrogens with two attached hydrogens (primary N) is 1. The predicted molar refractivity (Wildman–Crippen MR) is 77.1 cm³/mol.